The summed E-state index contributed by atoms with van der Waals surface area (Å²) < 4.78 is 39.0. The molecule has 1 aliphatic carbocycles. The molecule has 0 saturated heterocycles. The number of carbonyl (C=O) groups is 1. The lowest BCUT2D eigenvalue weighted by Gasteiger charge is -2.09. The number of hydrogen-bond acceptors (Lipinski definition) is 4. The number of rotatable bonds is 5. The molecule has 1 fully saturated rings. The molecule has 3 atom stereocenters. The van der Waals surface area contributed by atoms with E-state index < -0.39 is 44.8 Å². The van der Waals surface area contributed by atoms with Crippen molar-refractivity contribution in [1.82, 2.24) is 0 Å². The molecule has 1 saturated carbocycles. The van der Waals surface area contributed by atoms with Gasteiger partial charge in [0, 0.05) is 10.9 Å². The number of hydrogen-bond donors (Lipinski definition) is 2. The Kier molecular flexibility index (Phi) is 4.35. The number of carboxylic acid groups (broad SMARTS) is 1. The van der Waals surface area contributed by atoms with Crippen molar-refractivity contribution in [2.45, 2.75) is 16.1 Å². The Balaban J connectivity index is 2.10. The molecule has 0 spiro atoms. The van der Waals surface area contributed by atoms with Crippen LogP contribution in [0.4, 0.5) is 4.39 Å². The third-order valence-electron chi connectivity index (χ3n) is 4.62. The van der Waals surface area contributed by atoms with Gasteiger partial charge in [-0.05, 0) is 42.0 Å². The highest BCUT2D eigenvalue weighted by atomic mass is 35.5. The zero-order valence-corrected chi connectivity index (χ0v) is 14.3. The highest BCUT2D eigenvalue weighted by molar-refractivity contribution is 7.92. The van der Waals surface area contributed by atoms with Crippen LogP contribution < -0.4 is 0 Å². The lowest BCUT2D eigenvalue weighted by molar-refractivity contribution is -0.145. The summed E-state index contributed by atoms with van der Waals surface area (Å²) in [7, 11) is -4.05. The van der Waals surface area contributed by atoms with Crippen LogP contribution in [-0.4, -0.2) is 36.5 Å². The molecule has 3 rings (SSSR count). The number of aliphatic hydroxyl groups is 1. The summed E-state index contributed by atoms with van der Waals surface area (Å²) >= 11 is 5.77. The van der Waals surface area contributed by atoms with E-state index in [4.69, 9.17) is 11.6 Å². The average molecular weight is 385 g/mol. The standard InChI is InChI=1S/C17H14ClFO5S/c18-11-3-7-13(8-4-11)25(23,24)15-14(17(15,9-20)16(21)22)10-1-5-12(19)6-2-10/h1-8,14-15,20H,9H2,(H,21,22)/t14-,15-,17-/m1/s1. The van der Waals surface area contributed by atoms with E-state index in [0.29, 0.717) is 10.6 Å². The molecule has 5 nitrogen and oxygen atoms in total. The van der Waals surface area contributed by atoms with Crippen molar-refractivity contribution in [3.8, 4) is 0 Å². The molecule has 0 amide bonds. The maximum Gasteiger partial charge on any atom is 0.314 e. The van der Waals surface area contributed by atoms with Crippen LogP contribution in [0, 0.1) is 11.2 Å². The van der Waals surface area contributed by atoms with Crippen molar-refractivity contribution in [1.29, 1.82) is 0 Å². The van der Waals surface area contributed by atoms with Gasteiger partial charge >= 0.3 is 5.97 Å². The van der Waals surface area contributed by atoms with Gasteiger partial charge in [-0.2, -0.15) is 0 Å². The van der Waals surface area contributed by atoms with Gasteiger partial charge in [-0.15, -0.1) is 0 Å². The summed E-state index contributed by atoms with van der Waals surface area (Å²) in [5, 5.41) is 18.3. The quantitative estimate of drug-likeness (QED) is 0.826. The minimum atomic E-state index is -4.05. The first-order valence-corrected chi connectivity index (χ1v) is 9.27. The number of carboxylic acids is 1. The summed E-state index contributed by atoms with van der Waals surface area (Å²) in [6.45, 7) is -0.845. The van der Waals surface area contributed by atoms with Crippen LogP contribution in [-0.2, 0) is 14.6 Å². The van der Waals surface area contributed by atoms with E-state index in [0.717, 1.165) is 12.1 Å². The predicted octanol–water partition coefficient (Wildman–Crippen LogP) is 2.48. The Hall–Kier alpha value is -1.96. The van der Waals surface area contributed by atoms with Gasteiger partial charge in [0.05, 0.1) is 16.8 Å². The Bertz CT molecular complexity index is 911. The molecule has 0 heterocycles. The van der Waals surface area contributed by atoms with E-state index in [1.54, 1.807) is 0 Å². The summed E-state index contributed by atoms with van der Waals surface area (Å²) in [5.74, 6) is -2.91. The van der Waals surface area contributed by atoms with Gasteiger partial charge in [0.25, 0.3) is 0 Å². The Morgan fingerprint density at radius 2 is 1.68 bits per heavy atom. The van der Waals surface area contributed by atoms with Crippen LogP contribution in [0.3, 0.4) is 0 Å². The van der Waals surface area contributed by atoms with Gasteiger partial charge < -0.3 is 10.2 Å². The van der Waals surface area contributed by atoms with Crippen molar-refractivity contribution in [2.75, 3.05) is 6.61 Å². The van der Waals surface area contributed by atoms with Gasteiger partial charge in [0.15, 0.2) is 9.84 Å². The number of benzene rings is 2. The van der Waals surface area contributed by atoms with Crippen LogP contribution in [0.25, 0.3) is 0 Å². The van der Waals surface area contributed by atoms with Crippen molar-refractivity contribution >= 4 is 27.4 Å². The molecule has 132 valence electrons. The molecule has 1 aliphatic rings. The number of sulfone groups is 1. The van der Waals surface area contributed by atoms with E-state index in [1.165, 1.54) is 36.4 Å². The van der Waals surface area contributed by atoms with Gasteiger partial charge in [0.2, 0.25) is 0 Å². The highest BCUT2D eigenvalue weighted by Gasteiger charge is 2.75. The van der Waals surface area contributed by atoms with Crippen LogP contribution in [0.1, 0.15) is 11.5 Å². The van der Waals surface area contributed by atoms with Crippen LogP contribution in [0.2, 0.25) is 5.02 Å². The fraction of sp³-hybridized carbons (Fsp3) is 0.235. The SMILES string of the molecule is O=C(O)[C@]1(CO)[C@H](c2ccc(F)cc2)[C@H]1S(=O)(=O)c1ccc(Cl)cc1. The first kappa shape index (κ1) is 17.8. The number of halogens is 2. The van der Waals surface area contributed by atoms with Crippen molar-refractivity contribution in [3.05, 3.63) is 64.9 Å². The first-order valence-electron chi connectivity index (χ1n) is 7.34. The monoisotopic (exact) mass is 384 g/mol. The molecule has 2 N–H and O–H groups in total. The van der Waals surface area contributed by atoms with Gasteiger partial charge in [-0.25, -0.2) is 12.8 Å². The van der Waals surface area contributed by atoms with E-state index in [-0.39, 0.29) is 4.90 Å². The van der Waals surface area contributed by atoms with Crippen molar-refractivity contribution in [3.63, 3.8) is 0 Å². The fourth-order valence-corrected chi connectivity index (χ4v) is 5.77. The Morgan fingerprint density at radius 1 is 1.12 bits per heavy atom. The van der Waals surface area contributed by atoms with Crippen molar-refractivity contribution < 1.29 is 27.8 Å². The largest absolute Gasteiger partial charge is 0.481 e. The number of aliphatic hydroxyl groups excluding tert-OH is 1. The minimum absolute atomic E-state index is 0.0782. The molecule has 8 heteroatoms. The lowest BCUT2D eigenvalue weighted by Crippen LogP contribution is -2.27. The molecular weight excluding hydrogens is 371 g/mol. The molecule has 2 aromatic rings. The summed E-state index contributed by atoms with van der Waals surface area (Å²) in [6, 6.07) is 10.3. The second kappa shape index (κ2) is 6.09. The third kappa shape index (κ3) is 2.72. The maximum absolute atomic E-state index is 13.1. The number of aliphatic carboxylic acids is 1. The van der Waals surface area contributed by atoms with E-state index >= 15 is 0 Å². The van der Waals surface area contributed by atoms with Crippen molar-refractivity contribution in [2.24, 2.45) is 5.41 Å². The summed E-state index contributed by atoms with van der Waals surface area (Å²) in [6.07, 6.45) is 0. The van der Waals surface area contributed by atoms with Crippen LogP contribution >= 0.6 is 11.6 Å². The Labute approximate surface area is 148 Å². The van der Waals surface area contributed by atoms with E-state index in [2.05, 4.69) is 0 Å². The normalized spacial score (nSPS) is 25.6. The smallest absolute Gasteiger partial charge is 0.314 e. The van der Waals surface area contributed by atoms with E-state index in [9.17, 15) is 27.8 Å². The van der Waals surface area contributed by atoms with Crippen LogP contribution in [0.5, 0.6) is 0 Å². The molecule has 0 aliphatic heterocycles. The highest BCUT2D eigenvalue weighted by Crippen LogP contribution is 2.64. The van der Waals surface area contributed by atoms with Gasteiger partial charge in [-0.3, -0.25) is 4.79 Å². The molecule has 0 radical (unpaired) electrons. The molecule has 25 heavy (non-hydrogen) atoms. The predicted molar refractivity (Wildman–Crippen MR) is 88.7 cm³/mol. The Morgan fingerprint density at radius 3 is 2.16 bits per heavy atom. The summed E-state index contributed by atoms with van der Waals surface area (Å²) in [5.41, 5.74) is -1.52. The first-order chi connectivity index (χ1) is 11.7. The zero-order chi connectivity index (χ0) is 18.4. The zero-order valence-electron chi connectivity index (χ0n) is 12.8. The molecule has 0 unspecified atom stereocenters. The molecule has 2 aromatic carbocycles. The minimum Gasteiger partial charge on any atom is -0.481 e. The van der Waals surface area contributed by atoms with Crippen LogP contribution in [0.15, 0.2) is 53.4 Å². The maximum atomic E-state index is 13.1. The summed E-state index contributed by atoms with van der Waals surface area (Å²) in [4.78, 5) is 11.7. The van der Waals surface area contributed by atoms with E-state index in [1.807, 2.05) is 0 Å². The average Bonchev–Trinajstić information content (AvgIpc) is 3.27. The lowest BCUT2D eigenvalue weighted by atomic mass is 10.0. The second-order valence-electron chi connectivity index (χ2n) is 5.95. The third-order valence-corrected chi connectivity index (χ3v) is 7.16. The van der Waals surface area contributed by atoms with Gasteiger partial charge in [0.1, 0.15) is 11.2 Å². The molecule has 0 aromatic heterocycles. The van der Waals surface area contributed by atoms with Gasteiger partial charge in [-0.1, -0.05) is 23.7 Å². The fourth-order valence-electron chi connectivity index (χ4n) is 3.28. The second-order valence-corrected chi connectivity index (χ2v) is 8.46. The molecule has 0 bridgehead atoms. The molecular formula is C17H14ClFO5S. The topological polar surface area (TPSA) is 91.7 Å².